The smallest absolute Gasteiger partial charge is 0.234 e. The Kier molecular flexibility index (Phi) is 2.96. The fourth-order valence-electron chi connectivity index (χ4n) is 2.43. The highest BCUT2D eigenvalue weighted by Crippen LogP contribution is 2.20. The Morgan fingerprint density at radius 2 is 2.11 bits per heavy atom. The summed E-state index contributed by atoms with van der Waals surface area (Å²) in [6.07, 6.45) is 10.7. The van der Waals surface area contributed by atoms with Crippen LogP contribution < -0.4 is 5.11 Å². The van der Waals surface area contributed by atoms with E-state index in [4.69, 9.17) is 0 Å². The van der Waals surface area contributed by atoms with E-state index in [0.717, 1.165) is 12.8 Å². The van der Waals surface area contributed by atoms with Gasteiger partial charge in [0.15, 0.2) is 0 Å². The van der Waals surface area contributed by atoms with E-state index in [1.165, 1.54) is 19.3 Å². The summed E-state index contributed by atoms with van der Waals surface area (Å²) in [6, 6.07) is 1.97. The maximum absolute atomic E-state index is 12.1. The molecule has 0 bridgehead atoms. The lowest BCUT2D eigenvalue weighted by molar-refractivity contribution is -0.214. The fraction of sp³-hybridized carbons (Fsp3) is 0.462. The highest BCUT2D eigenvalue weighted by molar-refractivity contribution is 5.89. The molecule has 5 nitrogen and oxygen atoms in total. The van der Waals surface area contributed by atoms with Gasteiger partial charge in [-0.3, -0.25) is 9.39 Å². The molecule has 94 valence electrons. The summed E-state index contributed by atoms with van der Waals surface area (Å²) in [4.78, 5) is 12.5. The largest absolute Gasteiger partial charge is 0.857 e. The van der Waals surface area contributed by atoms with Crippen LogP contribution in [0.25, 0.3) is 5.78 Å². The van der Waals surface area contributed by atoms with Crippen molar-refractivity contribution in [2.75, 3.05) is 0 Å². The van der Waals surface area contributed by atoms with Gasteiger partial charge in [0, 0.05) is 24.3 Å². The van der Waals surface area contributed by atoms with E-state index in [2.05, 4.69) is 15.0 Å². The van der Waals surface area contributed by atoms with Crippen molar-refractivity contribution in [2.24, 2.45) is 4.99 Å². The molecule has 1 aliphatic carbocycles. The van der Waals surface area contributed by atoms with Gasteiger partial charge in [-0.2, -0.15) is 0 Å². The first-order chi connectivity index (χ1) is 8.84. The normalized spacial score (nSPS) is 18.3. The van der Waals surface area contributed by atoms with E-state index < -0.39 is 0 Å². The molecule has 0 atom stereocenters. The topological polar surface area (TPSA) is 65.6 Å². The van der Waals surface area contributed by atoms with E-state index in [1.54, 1.807) is 29.1 Å². The first-order valence-corrected chi connectivity index (χ1v) is 6.38. The van der Waals surface area contributed by atoms with Crippen LogP contribution in [-0.4, -0.2) is 26.3 Å². The summed E-state index contributed by atoms with van der Waals surface area (Å²) in [5.41, 5.74) is 0.503. The third-order valence-corrected chi connectivity index (χ3v) is 3.38. The van der Waals surface area contributed by atoms with Gasteiger partial charge in [-0.15, -0.1) is 0 Å². The minimum Gasteiger partial charge on any atom is -0.857 e. The Labute approximate surface area is 105 Å². The van der Waals surface area contributed by atoms with E-state index in [0.29, 0.717) is 11.5 Å². The molecule has 3 rings (SSSR count). The van der Waals surface area contributed by atoms with Crippen LogP contribution in [0.1, 0.15) is 37.8 Å². The lowest BCUT2D eigenvalue weighted by Crippen LogP contribution is -2.24. The Morgan fingerprint density at radius 3 is 2.94 bits per heavy atom. The molecule has 18 heavy (non-hydrogen) atoms. The molecule has 1 aliphatic rings. The zero-order chi connectivity index (χ0) is 12.4. The molecule has 2 heterocycles. The minimum absolute atomic E-state index is 0.178. The summed E-state index contributed by atoms with van der Waals surface area (Å²) in [7, 11) is 0. The summed E-state index contributed by atoms with van der Waals surface area (Å²) >= 11 is 0. The molecule has 2 aromatic rings. The van der Waals surface area contributed by atoms with Gasteiger partial charge in [0.1, 0.15) is 0 Å². The number of nitrogens with zero attached hydrogens (tertiary/aromatic N) is 4. The van der Waals surface area contributed by atoms with Crippen molar-refractivity contribution < 1.29 is 5.11 Å². The molecule has 0 N–H and O–H groups in total. The zero-order valence-corrected chi connectivity index (χ0v) is 10.1. The Balaban J connectivity index is 1.91. The second kappa shape index (κ2) is 4.76. The summed E-state index contributed by atoms with van der Waals surface area (Å²) in [6.45, 7) is 0. The standard InChI is InChI=1S/C13H16N4O/c18-12(16-10-5-2-1-3-6-10)11-9-15-13-14-7-4-8-17(11)13/h4,7-10H,1-3,5-6H2,(H,16,18)/p-1. The average Bonchev–Trinajstić information content (AvgIpc) is 2.84. The van der Waals surface area contributed by atoms with Crippen LogP contribution in [0.4, 0.5) is 0 Å². The first kappa shape index (κ1) is 11.2. The van der Waals surface area contributed by atoms with Crippen LogP contribution in [-0.2, 0) is 0 Å². The Morgan fingerprint density at radius 1 is 1.28 bits per heavy atom. The van der Waals surface area contributed by atoms with Gasteiger partial charge in [0.2, 0.25) is 5.78 Å². The second-order valence-electron chi connectivity index (χ2n) is 4.66. The van der Waals surface area contributed by atoms with E-state index in [1.807, 2.05) is 0 Å². The van der Waals surface area contributed by atoms with Crippen molar-refractivity contribution >= 4 is 11.7 Å². The summed E-state index contributed by atoms with van der Waals surface area (Å²) in [5, 5.41) is 12.1. The number of imidazole rings is 1. The lowest BCUT2D eigenvalue weighted by Gasteiger charge is -2.21. The monoisotopic (exact) mass is 243 g/mol. The van der Waals surface area contributed by atoms with Gasteiger partial charge >= 0.3 is 0 Å². The van der Waals surface area contributed by atoms with Crippen LogP contribution in [0.15, 0.2) is 29.6 Å². The molecule has 0 aliphatic heterocycles. The Hall–Kier alpha value is -1.91. The van der Waals surface area contributed by atoms with Crippen molar-refractivity contribution in [2.45, 2.75) is 38.1 Å². The molecule has 0 amide bonds. The second-order valence-corrected chi connectivity index (χ2v) is 4.66. The summed E-state index contributed by atoms with van der Waals surface area (Å²) < 4.78 is 1.69. The van der Waals surface area contributed by atoms with Crippen LogP contribution in [0, 0.1) is 0 Å². The van der Waals surface area contributed by atoms with Crippen LogP contribution in [0.2, 0.25) is 0 Å². The third-order valence-electron chi connectivity index (χ3n) is 3.38. The Bertz CT molecular complexity index is 569. The summed E-state index contributed by atoms with van der Waals surface area (Å²) in [5.74, 6) is 0.363. The molecule has 0 radical (unpaired) electrons. The van der Waals surface area contributed by atoms with Crippen molar-refractivity contribution in [3.63, 3.8) is 0 Å². The van der Waals surface area contributed by atoms with Crippen LogP contribution in [0.5, 0.6) is 0 Å². The number of aromatic nitrogens is 3. The van der Waals surface area contributed by atoms with E-state index in [9.17, 15) is 5.11 Å². The molecule has 0 aromatic carbocycles. The predicted octanol–water partition coefficient (Wildman–Crippen LogP) is 1.17. The van der Waals surface area contributed by atoms with Crippen LogP contribution in [0.3, 0.4) is 0 Å². The molecule has 0 saturated heterocycles. The van der Waals surface area contributed by atoms with Gasteiger partial charge < -0.3 is 5.11 Å². The molecule has 1 fully saturated rings. The zero-order valence-electron chi connectivity index (χ0n) is 10.1. The van der Waals surface area contributed by atoms with Gasteiger partial charge in [0.05, 0.1) is 11.9 Å². The number of fused-ring (bicyclic) bond motifs is 1. The van der Waals surface area contributed by atoms with Gasteiger partial charge in [-0.05, 0) is 18.9 Å². The first-order valence-electron chi connectivity index (χ1n) is 6.38. The molecule has 0 unspecified atom stereocenters. The fourth-order valence-corrected chi connectivity index (χ4v) is 2.43. The third kappa shape index (κ3) is 2.08. The molecule has 1 saturated carbocycles. The van der Waals surface area contributed by atoms with Crippen molar-refractivity contribution in [3.05, 3.63) is 30.4 Å². The maximum atomic E-state index is 12.1. The van der Waals surface area contributed by atoms with Gasteiger partial charge in [-0.1, -0.05) is 19.3 Å². The molecule has 0 spiro atoms. The van der Waals surface area contributed by atoms with Crippen molar-refractivity contribution in [3.8, 4) is 0 Å². The highest BCUT2D eigenvalue weighted by atomic mass is 16.3. The maximum Gasteiger partial charge on any atom is 0.234 e. The minimum atomic E-state index is -0.178. The SMILES string of the molecule is [O-]C(=NC1CCCCC1)c1cnc2ncccn12. The van der Waals surface area contributed by atoms with Gasteiger partial charge in [-0.25, -0.2) is 9.97 Å². The van der Waals surface area contributed by atoms with E-state index >= 15 is 0 Å². The van der Waals surface area contributed by atoms with Crippen molar-refractivity contribution in [1.29, 1.82) is 0 Å². The number of aliphatic imine (C=N–C) groups is 1. The molecule has 2 aromatic heterocycles. The number of hydrogen-bond acceptors (Lipinski definition) is 4. The van der Waals surface area contributed by atoms with Gasteiger partial charge in [0.25, 0.3) is 0 Å². The number of hydrogen-bond donors (Lipinski definition) is 0. The molecule has 5 heteroatoms. The lowest BCUT2D eigenvalue weighted by atomic mass is 9.96. The highest BCUT2D eigenvalue weighted by Gasteiger charge is 2.12. The number of rotatable bonds is 2. The van der Waals surface area contributed by atoms with E-state index in [-0.39, 0.29) is 11.9 Å². The van der Waals surface area contributed by atoms with Crippen LogP contribution >= 0.6 is 0 Å². The average molecular weight is 243 g/mol. The molecular weight excluding hydrogens is 228 g/mol. The molecular formula is C13H15N4O-. The quantitative estimate of drug-likeness (QED) is 0.587. The predicted molar refractivity (Wildman–Crippen MR) is 66.4 cm³/mol. The van der Waals surface area contributed by atoms with Crippen molar-refractivity contribution in [1.82, 2.24) is 14.4 Å².